The molecule has 0 aliphatic carbocycles. The maximum Gasteiger partial charge on any atom is 0.263 e. The summed E-state index contributed by atoms with van der Waals surface area (Å²) >= 11 is 3.01. The molecule has 3 heterocycles. The zero-order valence-corrected chi connectivity index (χ0v) is 19.1. The van der Waals surface area contributed by atoms with Crippen molar-refractivity contribution < 1.29 is 9.53 Å². The summed E-state index contributed by atoms with van der Waals surface area (Å²) in [6.45, 7) is 5.78. The Bertz CT molecular complexity index is 1240. The number of nitrogens with one attached hydrogen (secondary N) is 1. The van der Waals surface area contributed by atoms with Crippen LogP contribution in [0.15, 0.2) is 58.3 Å². The van der Waals surface area contributed by atoms with Gasteiger partial charge in [0.25, 0.3) is 5.56 Å². The zero-order chi connectivity index (χ0) is 22.0. The van der Waals surface area contributed by atoms with Gasteiger partial charge in [0, 0.05) is 15.8 Å². The highest BCUT2D eigenvalue weighted by Gasteiger charge is 2.16. The van der Waals surface area contributed by atoms with E-state index < -0.39 is 0 Å². The predicted molar refractivity (Wildman–Crippen MR) is 126 cm³/mol. The van der Waals surface area contributed by atoms with Crippen LogP contribution in [0.2, 0.25) is 0 Å². The number of amides is 1. The number of benzene rings is 1. The second-order valence-corrected chi connectivity index (χ2v) is 9.32. The van der Waals surface area contributed by atoms with Crippen LogP contribution >= 0.6 is 22.7 Å². The van der Waals surface area contributed by atoms with E-state index >= 15 is 0 Å². The maximum absolute atomic E-state index is 13.1. The van der Waals surface area contributed by atoms with Crippen molar-refractivity contribution in [3.8, 4) is 16.2 Å². The Hall–Kier alpha value is -2.97. The van der Waals surface area contributed by atoms with Crippen LogP contribution in [0, 0.1) is 0 Å². The largest absolute Gasteiger partial charge is 0.491 e. The summed E-state index contributed by atoms with van der Waals surface area (Å²) in [5, 5.41) is 7.44. The average Bonchev–Trinajstić information content (AvgIpc) is 3.40. The molecule has 1 atom stereocenters. The Morgan fingerprint density at radius 1 is 1.16 bits per heavy atom. The van der Waals surface area contributed by atoms with E-state index in [2.05, 4.69) is 10.3 Å². The molecule has 1 amide bonds. The topological polar surface area (TPSA) is 73.2 Å². The van der Waals surface area contributed by atoms with Gasteiger partial charge in [-0.25, -0.2) is 4.98 Å². The molecule has 4 rings (SSSR count). The number of thiophene rings is 2. The number of carbonyl (C=O) groups excluding carboxylic acids is 1. The molecule has 8 heteroatoms. The van der Waals surface area contributed by atoms with Crippen LogP contribution in [-0.4, -0.2) is 21.6 Å². The molecule has 6 nitrogen and oxygen atoms in total. The lowest BCUT2D eigenvalue weighted by atomic mass is 10.1. The second kappa shape index (κ2) is 9.03. The molecule has 0 spiro atoms. The van der Waals surface area contributed by atoms with E-state index in [1.54, 1.807) is 11.3 Å². The number of ether oxygens (including phenoxy) is 1. The van der Waals surface area contributed by atoms with Crippen LogP contribution < -0.4 is 15.6 Å². The summed E-state index contributed by atoms with van der Waals surface area (Å²) in [4.78, 5) is 31.8. The molecule has 1 aromatic carbocycles. The summed E-state index contributed by atoms with van der Waals surface area (Å²) in [6, 6.07) is 11.4. The molecule has 1 N–H and O–H groups in total. The van der Waals surface area contributed by atoms with Crippen LogP contribution in [0.3, 0.4) is 0 Å². The van der Waals surface area contributed by atoms with Gasteiger partial charge in [-0.1, -0.05) is 18.2 Å². The van der Waals surface area contributed by atoms with Crippen molar-refractivity contribution in [3.05, 3.63) is 69.4 Å². The molecule has 0 radical (unpaired) electrons. The molecule has 4 aromatic rings. The first-order valence-corrected chi connectivity index (χ1v) is 11.7. The van der Waals surface area contributed by atoms with Crippen LogP contribution in [0.4, 0.5) is 0 Å². The Morgan fingerprint density at radius 2 is 1.94 bits per heavy atom. The first-order valence-electron chi connectivity index (χ1n) is 9.99. The van der Waals surface area contributed by atoms with Crippen molar-refractivity contribution in [2.24, 2.45) is 0 Å². The molecular weight excluding hydrogens is 430 g/mol. The van der Waals surface area contributed by atoms with Crippen molar-refractivity contribution in [2.75, 3.05) is 0 Å². The number of hydrogen-bond acceptors (Lipinski definition) is 6. The number of aromatic nitrogens is 2. The first-order chi connectivity index (χ1) is 14.9. The molecule has 0 aliphatic heterocycles. The van der Waals surface area contributed by atoms with Crippen LogP contribution in [0.25, 0.3) is 20.7 Å². The molecule has 0 bridgehead atoms. The van der Waals surface area contributed by atoms with Crippen LogP contribution in [0.5, 0.6) is 5.75 Å². The minimum absolute atomic E-state index is 0.0830. The van der Waals surface area contributed by atoms with Crippen molar-refractivity contribution in [2.45, 2.75) is 39.5 Å². The highest BCUT2D eigenvalue weighted by molar-refractivity contribution is 7.18. The molecule has 0 saturated heterocycles. The van der Waals surface area contributed by atoms with Gasteiger partial charge in [-0.15, -0.1) is 22.7 Å². The van der Waals surface area contributed by atoms with E-state index in [4.69, 9.17) is 4.74 Å². The fourth-order valence-electron chi connectivity index (χ4n) is 3.33. The van der Waals surface area contributed by atoms with E-state index in [0.29, 0.717) is 10.2 Å². The molecular formula is C23H23N3O3S2. The number of hydrogen-bond donors (Lipinski definition) is 1. The molecule has 0 aliphatic rings. The highest BCUT2D eigenvalue weighted by Crippen LogP contribution is 2.33. The third-order valence-corrected chi connectivity index (χ3v) is 6.58. The lowest BCUT2D eigenvalue weighted by Crippen LogP contribution is -2.33. The molecule has 0 fully saturated rings. The van der Waals surface area contributed by atoms with Gasteiger partial charge in [-0.05, 0) is 49.9 Å². The van der Waals surface area contributed by atoms with Gasteiger partial charge in [0.15, 0.2) is 0 Å². The van der Waals surface area contributed by atoms with E-state index in [1.807, 2.05) is 67.9 Å². The number of rotatable bonds is 7. The molecule has 0 saturated carbocycles. The van der Waals surface area contributed by atoms with E-state index in [9.17, 15) is 9.59 Å². The third-order valence-electron chi connectivity index (χ3n) is 4.79. The Balaban J connectivity index is 1.49. The lowest BCUT2D eigenvalue weighted by Gasteiger charge is -2.16. The smallest absolute Gasteiger partial charge is 0.263 e. The Labute approximate surface area is 188 Å². The Kier molecular flexibility index (Phi) is 6.20. The fraction of sp³-hybridized carbons (Fsp3) is 0.261. The van der Waals surface area contributed by atoms with E-state index in [-0.39, 0.29) is 30.2 Å². The van der Waals surface area contributed by atoms with Crippen molar-refractivity contribution in [3.63, 3.8) is 0 Å². The van der Waals surface area contributed by atoms with Crippen molar-refractivity contribution in [1.82, 2.24) is 14.9 Å². The van der Waals surface area contributed by atoms with Crippen LogP contribution in [-0.2, 0) is 11.3 Å². The second-order valence-electron chi connectivity index (χ2n) is 7.51. The van der Waals surface area contributed by atoms with Crippen molar-refractivity contribution in [1.29, 1.82) is 0 Å². The monoisotopic (exact) mass is 453 g/mol. The van der Waals surface area contributed by atoms with Gasteiger partial charge in [0.2, 0.25) is 5.91 Å². The lowest BCUT2D eigenvalue weighted by molar-refractivity contribution is -0.122. The fourth-order valence-corrected chi connectivity index (χ4v) is 5.05. The predicted octanol–water partition coefficient (Wildman–Crippen LogP) is 4.85. The normalized spacial score (nSPS) is 12.3. The van der Waals surface area contributed by atoms with Gasteiger partial charge in [0.1, 0.15) is 17.1 Å². The first kappa shape index (κ1) is 21.3. The van der Waals surface area contributed by atoms with Gasteiger partial charge < -0.3 is 10.1 Å². The highest BCUT2D eigenvalue weighted by atomic mass is 32.1. The van der Waals surface area contributed by atoms with Gasteiger partial charge in [0.05, 0.1) is 23.9 Å². The molecule has 3 aromatic heterocycles. The quantitative estimate of drug-likeness (QED) is 0.434. The van der Waals surface area contributed by atoms with Gasteiger partial charge in [-0.2, -0.15) is 0 Å². The SMILES string of the molecule is CC(C)Oc1ccc(C(C)NC(=O)Cn2cnc3scc(-c4cccs4)c3c2=O)cc1. The minimum atomic E-state index is -0.244. The number of carbonyl (C=O) groups is 1. The van der Waals surface area contributed by atoms with Crippen LogP contribution in [0.1, 0.15) is 32.4 Å². The minimum Gasteiger partial charge on any atom is -0.491 e. The summed E-state index contributed by atoms with van der Waals surface area (Å²) in [5.74, 6) is 0.548. The van der Waals surface area contributed by atoms with Gasteiger partial charge in [-0.3, -0.25) is 14.2 Å². The summed E-state index contributed by atoms with van der Waals surface area (Å²) < 4.78 is 7.03. The van der Waals surface area contributed by atoms with Gasteiger partial charge >= 0.3 is 0 Å². The van der Waals surface area contributed by atoms with E-state index in [1.165, 1.54) is 22.2 Å². The van der Waals surface area contributed by atoms with E-state index in [0.717, 1.165) is 21.8 Å². The number of fused-ring (bicyclic) bond motifs is 1. The maximum atomic E-state index is 13.1. The summed E-state index contributed by atoms with van der Waals surface area (Å²) in [7, 11) is 0. The summed E-state index contributed by atoms with van der Waals surface area (Å²) in [5.41, 5.74) is 1.63. The average molecular weight is 454 g/mol. The standard InChI is InChI=1S/C23H23N3O3S2/c1-14(2)29-17-8-6-16(7-9-17)15(3)25-20(27)11-26-13-24-22-21(23(26)28)18(12-31-22)19-5-4-10-30-19/h4-10,12-15H,11H2,1-3H3,(H,25,27). The number of nitrogens with zero attached hydrogens (tertiary/aromatic N) is 2. The van der Waals surface area contributed by atoms with Crippen molar-refractivity contribution >= 4 is 38.8 Å². The molecule has 160 valence electrons. The third kappa shape index (κ3) is 4.70. The molecule has 31 heavy (non-hydrogen) atoms. The zero-order valence-electron chi connectivity index (χ0n) is 17.5. The molecule has 1 unspecified atom stereocenters. The summed E-state index contributed by atoms with van der Waals surface area (Å²) in [6.07, 6.45) is 1.55. The Morgan fingerprint density at radius 3 is 2.61 bits per heavy atom.